The number of hydrogen-bond acceptors (Lipinski definition) is 6. The number of ether oxygens (including phenoxy) is 1. The van der Waals surface area contributed by atoms with Gasteiger partial charge in [-0.25, -0.2) is 13.2 Å². The van der Waals surface area contributed by atoms with Crippen molar-refractivity contribution < 1.29 is 22.7 Å². The smallest absolute Gasteiger partial charge is 0.338 e. The number of sulfonamides is 1. The number of carbonyl (C=O) groups excluding carboxylic acids is 2. The summed E-state index contributed by atoms with van der Waals surface area (Å²) >= 11 is 0. The minimum absolute atomic E-state index is 0.163. The van der Waals surface area contributed by atoms with Crippen molar-refractivity contribution in [3.63, 3.8) is 0 Å². The molecule has 1 amide bonds. The Labute approximate surface area is 181 Å². The van der Waals surface area contributed by atoms with Crippen LogP contribution in [0, 0.1) is 0 Å². The number of esters is 1. The highest BCUT2D eigenvalue weighted by atomic mass is 32.2. The molecule has 1 aliphatic carbocycles. The Kier molecular flexibility index (Phi) is 6.24. The second kappa shape index (κ2) is 9.07. The van der Waals surface area contributed by atoms with Crippen LogP contribution in [-0.2, 0) is 19.6 Å². The zero-order chi connectivity index (χ0) is 21.8. The maximum Gasteiger partial charge on any atom is 0.338 e. The summed E-state index contributed by atoms with van der Waals surface area (Å²) in [7, 11) is -3.64. The Bertz CT molecular complexity index is 1060. The van der Waals surface area contributed by atoms with Crippen LogP contribution in [0.25, 0.3) is 0 Å². The molecule has 2 aliphatic rings. The van der Waals surface area contributed by atoms with Gasteiger partial charge < -0.3 is 15.4 Å². The van der Waals surface area contributed by atoms with Crippen LogP contribution < -0.4 is 15.4 Å². The van der Waals surface area contributed by atoms with E-state index >= 15 is 0 Å². The second-order valence-corrected chi connectivity index (χ2v) is 9.48. The third kappa shape index (κ3) is 5.05. The Morgan fingerprint density at radius 1 is 1.00 bits per heavy atom. The van der Waals surface area contributed by atoms with E-state index in [1.54, 1.807) is 42.5 Å². The number of rotatable bonds is 5. The molecule has 0 bridgehead atoms. The average molecular weight is 444 g/mol. The lowest BCUT2D eigenvalue weighted by Crippen LogP contribution is -2.38. The van der Waals surface area contributed by atoms with E-state index in [0.29, 0.717) is 11.3 Å². The number of nitrogens with one attached hydrogen (secondary N) is 3. The molecule has 0 aromatic heterocycles. The zero-order valence-corrected chi connectivity index (χ0v) is 17.8. The zero-order valence-electron chi connectivity index (χ0n) is 17.0. The molecular formula is C22H25N3O5S. The molecule has 2 aromatic rings. The van der Waals surface area contributed by atoms with E-state index in [2.05, 4.69) is 15.4 Å². The molecule has 0 spiro atoms. The summed E-state index contributed by atoms with van der Waals surface area (Å²) in [5, 5.41) is 6.04. The normalized spacial score (nSPS) is 20.2. The van der Waals surface area contributed by atoms with Crippen LogP contribution in [0.4, 0.5) is 5.69 Å². The van der Waals surface area contributed by atoms with Crippen molar-refractivity contribution >= 4 is 27.6 Å². The number of anilines is 1. The van der Waals surface area contributed by atoms with E-state index in [4.69, 9.17) is 4.74 Å². The minimum Gasteiger partial charge on any atom is -0.452 e. The number of fused-ring (bicyclic) bond motifs is 1. The van der Waals surface area contributed by atoms with Crippen molar-refractivity contribution in [1.82, 2.24) is 10.0 Å². The molecule has 1 unspecified atom stereocenters. The Morgan fingerprint density at radius 3 is 2.45 bits per heavy atom. The van der Waals surface area contributed by atoms with Gasteiger partial charge in [-0.3, -0.25) is 4.79 Å². The fourth-order valence-electron chi connectivity index (χ4n) is 3.92. The fourth-order valence-corrected chi connectivity index (χ4v) is 5.22. The van der Waals surface area contributed by atoms with Gasteiger partial charge in [0.2, 0.25) is 10.0 Å². The van der Waals surface area contributed by atoms with Crippen LogP contribution >= 0.6 is 0 Å². The first-order valence-corrected chi connectivity index (χ1v) is 11.8. The number of benzene rings is 2. The van der Waals surface area contributed by atoms with Gasteiger partial charge in [-0.1, -0.05) is 43.5 Å². The van der Waals surface area contributed by atoms with Crippen molar-refractivity contribution in [2.75, 3.05) is 11.9 Å². The molecule has 9 heteroatoms. The van der Waals surface area contributed by atoms with Gasteiger partial charge in [0.15, 0.2) is 6.61 Å². The monoisotopic (exact) mass is 443 g/mol. The fraction of sp³-hybridized carbons (Fsp3) is 0.364. The first-order valence-electron chi connectivity index (χ1n) is 10.4. The molecule has 0 saturated heterocycles. The van der Waals surface area contributed by atoms with Crippen molar-refractivity contribution in [3.05, 3.63) is 59.7 Å². The van der Waals surface area contributed by atoms with E-state index in [9.17, 15) is 18.0 Å². The van der Waals surface area contributed by atoms with Gasteiger partial charge in [-0.05, 0) is 42.7 Å². The summed E-state index contributed by atoms with van der Waals surface area (Å²) < 4.78 is 32.6. The van der Waals surface area contributed by atoms with Crippen LogP contribution in [0.2, 0.25) is 0 Å². The number of amides is 1. The minimum atomic E-state index is -3.64. The van der Waals surface area contributed by atoms with Gasteiger partial charge in [-0.15, -0.1) is 0 Å². The highest BCUT2D eigenvalue weighted by Gasteiger charge is 2.29. The Balaban J connectivity index is 1.35. The average Bonchev–Trinajstić information content (AvgIpc) is 2.78. The van der Waals surface area contributed by atoms with Crippen molar-refractivity contribution in [1.29, 1.82) is 0 Å². The SMILES string of the molecule is O=C(COC(=O)c1ccc(C2Nc3ccccc3S(=O)(=O)N2)cc1)NC1CCCCC1. The molecule has 1 saturated carbocycles. The van der Waals surface area contributed by atoms with Gasteiger partial charge >= 0.3 is 5.97 Å². The maximum absolute atomic E-state index is 12.5. The molecule has 2 aromatic carbocycles. The van der Waals surface area contributed by atoms with Crippen LogP contribution in [0.1, 0.15) is 54.2 Å². The molecule has 3 N–H and O–H groups in total. The highest BCUT2D eigenvalue weighted by Crippen LogP contribution is 2.30. The van der Waals surface area contributed by atoms with Crippen molar-refractivity contribution in [2.45, 2.75) is 49.2 Å². The number of carbonyl (C=O) groups is 2. The topological polar surface area (TPSA) is 114 Å². The first kappa shape index (κ1) is 21.3. The molecule has 164 valence electrons. The van der Waals surface area contributed by atoms with Crippen molar-refractivity contribution in [3.8, 4) is 0 Å². The summed E-state index contributed by atoms with van der Waals surface area (Å²) in [5.74, 6) is -0.899. The molecule has 1 atom stereocenters. The molecule has 31 heavy (non-hydrogen) atoms. The van der Waals surface area contributed by atoms with Gasteiger partial charge in [-0.2, -0.15) is 4.72 Å². The van der Waals surface area contributed by atoms with Gasteiger partial charge in [0.25, 0.3) is 5.91 Å². The summed E-state index contributed by atoms with van der Waals surface area (Å²) in [4.78, 5) is 24.5. The van der Waals surface area contributed by atoms with E-state index in [1.165, 1.54) is 12.5 Å². The third-order valence-corrected chi connectivity index (χ3v) is 7.01. The van der Waals surface area contributed by atoms with E-state index in [1.807, 2.05) is 0 Å². The lowest BCUT2D eigenvalue weighted by atomic mass is 9.95. The van der Waals surface area contributed by atoms with Crippen LogP contribution in [-0.4, -0.2) is 32.9 Å². The lowest BCUT2D eigenvalue weighted by Gasteiger charge is -2.28. The summed E-state index contributed by atoms with van der Waals surface area (Å²) in [6.45, 7) is -0.322. The van der Waals surface area contributed by atoms with Gasteiger partial charge in [0, 0.05) is 6.04 Å². The second-order valence-electron chi connectivity index (χ2n) is 7.80. The maximum atomic E-state index is 12.5. The number of para-hydroxylation sites is 1. The lowest BCUT2D eigenvalue weighted by molar-refractivity contribution is -0.125. The van der Waals surface area contributed by atoms with Crippen LogP contribution in [0.3, 0.4) is 0 Å². The van der Waals surface area contributed by atoms with E-state index in [-0.39, 0.29) is 29.0 Å². The third-order valence-electron chi connectivity index (χ3n) is 5.53. The standard InChI is InChI=1S/C22H25N3O5S/c26-20(23-17-6-2-1-3-7-17)14-30-22(27)16-12-10-15(11-13-16)21-24-18-8-4-5-9-19(18)31(28,29)25-21/h4-5,8-13,17,21,24-25H,1-3,6-7,14H2,(H,23,26). The summed E-state index contributed by atoms with van der Waals surface area (Å²) in [5.41, 5.74) is 1.44. The summed E-state index contributed by atoms with van der Waals surface area (Å²) in [6.07, 6.45) is 4.67. The number of hydrogen-bond donors (Lipinski definition) is 3. The largest absolute Gasteiger partial charge is 0.452 e. The summed E-state index contributed by atoms with van der Waals surface area (Å²) in [6, 6.07) is 13.2. The van der Waals surface area contributed by atoms with Gasteiger partial charge in [0.05, 0.1) is 11.3 Å². The van der Waals surface area contributed by atoms with Crippen LogP contribution in [0.15, 0.2) is 53.4 Å². The Morgan fingerprint density at radius 2 is 1.71 bits per heavy atom. The van der Waals surface area contributed by atoms with E-state index < -0.39 is 22.2 Å². The van der Waals surface area contributed by atoms with Crippen molar-refractivity contribution in [2.24, 2.45) is 0 Å². The predicted molar refractivity (Wildman–Crippen MR) is 115 cm³/mol. The molecule has 4 rings (SSSR count). The first-order chi connectivity index (χ1) is 14.9. The Hall–Kier alpha value is -2.91. The quantitative estimate of drug-likeness (QED) is 0.613. The van der Waals surface area contributed by atoms with E-state index in [0.717, 1.165) is 25.7 Å². The molecule has 8 nitrogen and oxygen atoms in total. The highest BCUT2D eigenvalue weighted by molar-refractivity contribution is 7.89. The van der Waals surface area contributed by atoms with Gasteiger partial charge in [0.1, 0.15) is 11.1 Å². The molecule has 1 aliphatic heterocycles. The molecule has 1 fully saturated rings. The predicted octanol–water partition coefficient (Wildman–Crippen LogP) is 2.69. The van der Waals surface area contributed by atoms with Crippen LogP contribution in [0.5, 0.6) is 0 Å². The molecule has 1 heterocycles. The molecular weight excluding hydrogens is 418 g/mol. The molecule has 0 radical (unpaired) electrons.